The third kappa shape index (κ3) is 5.24. The van der Waals surface area contributed by atoms with E-state index in [-0.39, 0.29) is 22.1 Å². The first-order valence-electron chi connectivity index (χ1n) is 13.6. The minimum absolute atomic E-state index is 0.128. The lowest BCUT2D eigenvalue weighted by atomic mass is 9.89. The van der Waals surface area contributed by atoms with E-state index in [0.29, 0.717) is 33.8 Å². The Labute approximate surface area is 229 Å². The van der Waals surface area contributed by atoms with E-state index in [1.54, 1.807) is 26.2 Å². The van der Waals surface area contributed by atoms with Crippen LogP contribution in [0, 0.1) is 19.8 Å². The third-order valence-electron chi connectivity index (χ3n) is 7.53. The summed E-state index contributed by atoms with van der Waals surface area (Å²) in [6, 6.07) is 3.15. The maximum atomic E-state index is 13.4. The second-order valence-corrected chi connectivity index (χ2v) is 11.3. The highest BCUT2D eigenvalue weighted by Gasteiger charge is 2.47. The number of carbonyl (C=O) groups is 1. The average Bonchev–Trinajstić information content (AvgIpc) is 3.22. The first-order valence-corrected chi connectivity index (χ1v) is 14.2. The normalized spacial score (nSPS) is 24.8. The lowest BCUT2D eigenvalue weighted by Crippen LogP contribution is -2.50. The van der Waals surface area contributed by atoms with Crippen LogP contribution in [0.15, 0.2) is 21.8 Å². The zero-order valence-corrected chi connectivity index (χ0v) is 23.1. The lowest BCUT2D eigenvalue weighted by Gasteiger charge is -2.40. The molecule has 0 aliphatic carbocycles. The van der Waals surface area contributed by atoms with Crippen LogP contribution in [0.3, 0.4) is 0 Å². The molecule has 5 rings (SSSR count). The second kappa shape index (κ2) is 10.5. The largest absolute Gasteiger partial charge is 0.448 e. The van der Waals surface area contributed by atoms with E-state index in [4.69, 9.17) is 28.6 Å². The zero-order chi connectivity index (χ0) is 28.1. The molecule has 3 aliphatic rings. The number of pyridine rings is 1. The number of halogens is 1. The molecule has 0 bridgehead atoms. The Morgan fingerprint density at radius 1 is 1.27 bits per heavy atom. The summed E-state index contributed by atoms with van der Waals surface area (Å²) < 4.78 is 35.4. The van der Waals surface area contributed by atoms with E-state index < -0.39 is 23.8 Å². The van der Waals surface area contributed by atoms with Gasteiger partial charge < -0.3 is 29.4 Å². The fourth-order valence-corrected chi connectivity index (χ4v) is 6.10. The summed E-state index contributed by atoms with van der Waals surface area (Å²) >= 11 is 7.82. The van der Waals surface area contributed by atoms with Crippen molar-refractivity contribution in [1.82, 2.24) is 15.2 Å². The van der Waals surface area contributed by atoms with Crippen LogP contribution in [0.25, 0.3) is 0 Å². The number of ether oxygens (including phenoxy) is 3. The number of amides is 1. The number of hydrogen-bond donors (Lipinski definition) is 2. The van der Waals surface area contributed by atoms with Crippen molar-refractivity contribution in [2.75, 3.05) is 32.5 Å². The van der Waals surface area contributed by atoms with Gasteiger partial charge in [-0.2, -0.15) is 0 Å². The molecular formula is C27H34ClN3O5S. The van der Waals surface area contributed by atoms with E-state index in [9.17, 15) is 9.59 Å². The molecule has 2 N–H and O–H groups in total. The van der Waals surface area contributed by atoms with E-state index >= 15 is 0 Å². The number of aromatic amines is 1. The number of benzene rings is 1. The predicted molar refractivity (Wildman–Crippen MR) is 144 cm³/mol. The number of thioether (sulfide) groups is 1. The van der Waals surface area contributed by atoms with Crippen LogP contribution in [0.2, 0.25) is 5.02 Å². The number of likely N-dealkylation sites (tertiary alicyclic amines) is 1. The van der Waals surface area contributed by atoms with Crippen LogP contribution in [0.5, 0.6) is 11.5 Å². The predicted octanol–water partition coefficient (Wildman–Crippen LogP) is 4.29. The molecule has 0 saturated carbocycles. The van der Waals surface area contributed by atoms with Crippen molar-refractivity contribution in [2.45, 2.75) is 63.3 Å². The summed E-state index contributed by atoms with van der Waals surface area (Å²) in [7, 11) is 0. The Morgan fingerprint density at radius 3 is 2.62 bits per heavy atom. The van der Waals surface area contributed by atoms with E-state index in [0.717, 1.165) is 45.5 Å². The van der Waals surface area contributed by atoms with Gasteiger partial charge in [-0.05, 0) is 64.6 Å². The minimum Gasteiger partial charge on any atom is -0.448 e. The van der Waals surface area contributed by atoms with Crippen LogP contribution >= 0.6 is 23.4 Å². The summed E-state index contributed by atoms with van der Waals surface area (Å²) in [6.07, 6.45) is 5.00. The van der Waals surface area contributed by atoms with Gasteiger partial charge in [0.1, 0.15) is 0 Å². The van der Waals surface area contributed by atoms with Crippen LogP contribution in [0.1, 0.15) is 56.1 Å². The molecular weight excluding hydrogens is 514 g/mol. The quantitative estimate of drug-likeness (QED) is 0.498. The van der Waals surface area contributed by atoms with Gasteiger partial charge in [-0.1, -0.05) is 11.6 Å². The van der Waals surface area contributed by atoms with Crippen LogP contribution in [-0.4, -0.2) is 60.2 Å². The molecule has 2 fully saturated rings. The minimum atomic E-state index is -2.43. The Balaban J connectivity index is 1.34. The number of nitrogens with one attached hydrogen (secondary N) is 2. The van der Waals surface area contributed by atoms with E-state index in [2.05, 4.69) is 15.2 Å². The molecule has 0 spiro atoms. The Kier molecular flexibility index (Phi) is 6.79. The number of hydrogen-bond acceptors (Lipinski definition) is 7. The molecule has 1 amide bonds. The molecule has 10 heteroatoms. The number of H-pyrrole nitrogens is 1. The SMILES string of the molecule is [2H]C([2H])(NC(=O)c1cc(Cl)c2c(c1C)O[C@@](C)(C1CCN(C[C@@H]3CCO3)CC1)O2)c1c(SC)cc(C)[nH]c1=O. The first-order chi connectivity index (χ1) is 18.4. The molecule has 2 atom stereocenters. The van der Waals surface area contributed by atoms with Crippen molar-refractivity contribution in [1.29, 1.82) is 0 Å². The maximum Gasteiger partial charge on any atom is 0.254 e. The van der Waals surface area contributed by atoms with Gasteiger partial charge >= 0.3 is 0 Å². The second-order valence-electron chi connectivity index (χ2n) is 10.1. The molecule has 1 aromatic heterocycles. The van der Waals surface area contributed by atoms with Crippen molar-refractivity contribution in [3.8, 4) is 11.5 Å². The number of carbonyl (C=O) groups excluding carboxylic acids is 1. The molecule has 200 valence electrons. The highest BCUT2D eigenvalue weighted by atomic mass is 35.5. The molecule has 8 nitrogen and oxygen atoms in total. The number of piperidine rings is 1. The van der Waals surface area contributed by atoms with Crippen LogP contribution in [-0.2, 0) is 11.2 Å². The highest BCUT2D eigenvalue weighted by Crippen LogP contribution is 2.51. The molecule has 2 saturated heterocycles. The number of rotatable bonds is 7. The van der Waals surface area contributed by atoms with E-state index in [1.807, 2.05) is 6.92 Å². The van der Waals surface area contributed by atoms with Crippen LogP contribution < -0.4 is 20.3 Å². The first kappa shape index (κ1) is 23.9. The topological polar surface area (TPSA) is 92.9 Å². The molecule has 0 radical (unpaired) electrons. The monoisotopic (exact) mass is 549 g/mol. The van der Waals surface area contributed by atoms with Crippen molar-refractivity contribution in [3.63, 3.8) is 0 Å². The van der Waals surface area contributed by atoms with Gasteiger partial charge in [0.15, 0.2) is 11.5 Å². The summed E-state index contributed by atoms with van der Waals surface area (Å²) in [5, 5.41) is 2.60. The summed E-state index contributed by atoms with van der Waals surface area (Å²) in [5.41, 5.74) is 0.511. The maximum absolute atomic E-state index is 13.4. The summed E-state index contributed by atoms with van der Waals surface area (Å²) in [4.78, 5) is 31.5. The molecule has 2 aromatic rings. The zero-order valence-electron chi connectivity index (χ0n) is 23.5. The van der Waals surface area contributed by atoms with Gasteiger partial charge in [-0.25, -0.2) is 0 Å². The molecule has 4 heterocycles. The Bertz CT molecular complexity index is 1340. The van der Waals surface area contributed by atoms with Gasteiger partial charge in [0, 0.05) is 59.8 Å². The Morgan fingerprint density at radius 2 is 1.97 bits per heavy atom. The average molecular weight is 550 g/mol. The molecule has 3 aliphatic heterocycles. The lowest BCUT2D eigenvalue weighted by molar-refractivity contribution is -0.129. The van der Waals surface area contributed by atoms with Gasteiger partial charge in [0.25, 0.3) is 17.3 Å². The molecule has 37 heavy (non-hydrogen) atoms. The number of aromatic nitrogens is 1. The van der Waals surface area contributed by atoms with Crippen molar-refractivity contribution in [2.24, 2.45) is 5.92 Å². The standard InChI is InChI=1S/C27H34ClN3O5S/c1-15-11-22(37-4)20(26(33)30-15)13-29-25(32)19-12-21(28)24-23(16(19)2)35-27(3,36-24)17-5-8-31(9-6-17)14-18-7-10-34-18/h11-12,17-18H,5-10,13-14H2,1-4H3,(H,29,32)(H,30,33)/t18-,27+/m0/s1/i13D2. The molecule has 0 unspecified atom stereocenters. The van der Waals surface area contributed by atoms with Gasteiger partial charge in [0.05, 0.1) is 13.9 Å². The Hall–Kier alpha value is -2.20. The van der Waals surface area contributed by atoms with Gasteiger partial charge in [0.2, 0.25) is 0 Å². The molecule has 1 aromatic carbocycles. The van der Waals surface area contributed by atoms with Crippen molar-refractivity contribution >= 4 is 29.3 Å². The van der Waals surface area contributed by atoms with Crippen molar-refractivity contribution in [3.05, 3.63) is 49.9 Å². The fourth-order valence-electron chi connectivity index (χ4n) is 5.23. The van der Waals surface area contributed by atoms with E-state index in [1.165, 1.54) is 17.8 Å². The van der Waals surface area contributed by atoms with Crippen molar-refractivity contribution < 1.29 is 21.7 Å². The van der Waals surface area contributed by atoms with Gasteiger partial charge in [-0.15, -0.1) is 11.8 Å². The number of fused-ring (bicyclic) bond motifs is 1. The highest BCUT2D eigenvalue weighted by molar-refractivity contribution is 7.98. The van der Waals surface area contributed by atoms with Crippen LogP contribution in [0.4, 0.5) is 0 Å². The number of aryl methyl sites for hydroxylation is 1. The summed E-state index contributed by atoms with van der Waals surface area (Å²) in [6.45, 7) is 6.58. The summed E-state index contributed by atoms with van der Waals surface area (Å²) in [5.74, 6) is -0.733. The fraction of sp³-hybridized carbons (Fsp3) is 0.556. The smallest absolute Gasteiger partial charge is 0.254 e. The number of nitrogens with zero attached hydrogens (tertiary/aromatic N) is 1. The van der Waals surface area contributed by atoms with Gasteiger partial charge in [-0.3, -0.25) is 9.59 Å². The third-order valence-corrected chi connectivity index (χ3v) is 8.57.